The van der Waals surface area contributed by atoms with E-state index in [0.29, 0.717) is 32.3 Å². The number of benzene rings is 2. The van der Waals surface area contributed by atoms with Gasteiger partial charge in [0.05, 0.1) is 19.0 Å². The molecule has 6 nitrogen and oxygen atoms in total. The Labute approximate surface area is 200 Å². The lowest BCUT2D eigenvalue weighted by atomic mass is 10.0. The molecule has 0 radical (unpaired) electrons. The van der Waals surface area contributed by atoms with Gasteiger partial charge in [-0.15, -0.1) is 0 Å². The third-order valence-electron chi connectivity index (χ3n) is 6.53. The predicted molar refractivity (Wildman–Crippen MR) is 135 cm³/mol. The van der Waals surface area contributed by atoms with Gasteiger partial charge in [0.25, 0.3) is 5.56 Å². The Morgan fingerprint density at radius 3 is 2.41 bits per heavy atom. The van der Waals surface area contributed by atoms with Gasteiger partial charge in [-0.3, -0.25) is 24.1 Å². The molecule has 34 heavy (non-hydrogen) atoms. The van der Waals surface area contributed by atoms with Crippen LogP contribution < -0.4 is 10.5 Å². The van der Waals surface area contributed by atoms with Gasteiger partial charge in [-0.05, 0) is 61.2 Å². The lowest BCUT2D eigenvalue weighted by molar-refractivity contribution is 0.189. The largest absolute Gasteiger partial charge is 0.298 e. The lowest BCUT2D eigenvalue weighted by Crippen LogP contribution is -2.47. The molecule has 0 fully saturated rings. The second-order valence-electron chi connectivity index (χ2n) is 9.04. The molecule has 0 bridgehead atoms. The highest BCUT2D eigenvalue weighted by atomic mass is 16.1. The molecule has 0 saturated heterocycles. The van der Waals surface area contributed by atoms with Crippen molar-refractivity contribution in [2.75, 3.05) is 11.6 Å². The van der Waals surface area contributed by atoms with Crippen LogP contribution in [0.3, 0.4) is 0 Å². The van der Waals surface area contributed by atoms with E-state index in [0.717, 1.165) is 28.1 Å². The third kappa shape index (κ3) is 4.37. The van der Waals surface area contributed by atoms with Gasteiger partial charge in [0.15, 0.2) is 0 Å². The molecule has 0 aliphatic carbocycles. The van der Waals surface area contributed by atoms with E-state index < -0.39 is 0 Å². The van der Waals surface area contributed by atoms with Crippen LogP contribution in [0, 0.1) is 20.8 Å². The van der Waals surface area contributed by atoms with Crippen molar-refractivity contribution in [3.8, 4) is 0 Å². The maximum atomic E-state index is 13.8. The first-order valence-electron chi connectivity index (χ1n) is 11.6. The van der Waals surface area contributed by atoms with E-state index in [9.17, 15) is 4.79 Å². The summed E-state index contributed by atoms with van der Waals surface area (Å²) in [6.07, 6.45) is 4.24. The number of rotatable bonds is 5. The summed E-state index contributed by atoms with van der Waals surface area (Å²) in [6.45, 7) is 8.00. The molecule has 1 aliphatic rings. The van der Waals surface area contributed by atoms with Crippen LogP contribution in [0.4, 0.5) is 11.6 Å². The van der Waals surface area contributed by atoms with Gasteiger partial charge in [-0.1, -0.05) is 42.5 Å². The third-order valence-corrected chi connectivity index (χ3v) is 6.53. The first-order chi connectivity index (χ1) is 16.5. The predicted octanol–water partition coefficient (Wildman–Crippen LogP) is 4.72. The van der Waals surface area contributed by atoms with Crippen molar-refractivity contribution in [1.82, 2.24) is 19.4 Å². The van der Waals surface area contributed by atoms with E-state index in [1.54, 1.807) is 6.20 Å². The second-order valence-corrected chi connectivity index (χ2v) is 9.04. The first-order valence-corrected chi connectivity index (χ1v) is 11.6. The zero-order chi connectivity index (χ0) is 23.7. The van der Waals surface area contributed by atoms with Gasteiger partial charge in [-0.2, -0.15) is 0 Å². The number of nitrogens with zero attached hydrogens (tertiary/aromatic N) is 5. The van der Waals surface area contributed by atoms with Crippen LogP contribution in [0.15, 0.2) is 77.9 Å². The van der Waals surface area contributed by atoms with Crippen LogP contribution in [-0.4, -0.2) is 26.1 Å². The van der Waals surface area contributed by atoms with Crippen LogP contribution >= 0.6 is 0 Å². The summed E-state index contributed by atoms with van der Waals surface area (Å²) in [5.74, 6) is 0.699. The first kappa shape index (κ1) is 22.0. The van der Waals surface area contributed by atoms with Gasteiger partial charge in [0.2, 0.25) is 5.95 Å². The Bertz CT molecular complexity index is 1370. The number of aromatic nitrogens is 3. The second kappa shape index (κ2) is 9.23. The number of anilines is 2. The van der Waals surface area contributed by atoms with Crippen molar-refractivity contribution in [3.63, 3.8) is 0 Å². The highest BCUT2D eigenvalue weighted by Gasteiger charge is 2.28. The van der Waals surface area contributed by atoms with Crippen molar-refractivity contribution < 1.29 is 0 Å². The molecule has 6 heteroatoms. The summed E-state index contributed by atoms with van der Waals surface area (Å²) in [5.41, 5.74) is 7.28. The summed E-state index contributed by atoms with van der Waals surface area (Å²) in [5, 5.41) is 0. The summed E-state index contributed by atoms with van der Waals surface area (Å²) >= 11 is 0. The molecule has 0 saturated carbocycles. The Morgan fingerprint density at radius 2 is 1.68 bits per heavy atom. The van der Waals surface area contributed by atoms with E-state index in [4.69, 9.17) is 4.98 Å². The molecule has 0 amide bonds. The number of pyridine rings is 1. The standard InChI is InChI=1S/C28H29N5O/c1-20-11-12-25(14-21(20)2)32-18-31(17-24-10-7-13-29-16-24)19-33-27(34)26(22(3)30-28(32)33)15-23-8-5-4-6-9-23/h4-14,16H,15,17-19H2,1-3H3. The molecule has 2 aromatic heterocycles. The molecule has 0 unspecified atom stereocenters. The summed E-state index contributed by atoms with van der Waals surface area (Å²) in [4.78, 5) is 27.4. The van der Waals surface area contributed by atoms with Crippen LogP contribution in [0.5, 0.6) is 0 Å². The van der Waals surface area contributed by atoms with Crippen molar-refractivity contribution in [1.29, 1.82) is 0 Å². The van der Waals surface area contributed by atoms with Crippen LogP contribution in [0.25, 0.3) is 0 Å². The molecule has 1 aliphatic heterocycles. The monoisotopic (exact) mass is 451 g/mol. The molecule has 0 spiro atoms. The zero-order valence-electron chi connectivity index (χ0n) is 19.9. The normalized spacial score (nSPS) is 13.7. The molecule has 172 valence electrons. The number of aryl methyl sites for hydroxylation is 3. The zero-order valence-corrected chi connectivity index (χ0v) is 19.9. The van der Waals surface area contributed by atoms with Crippen LogP contribution in [-0.2, 0) is 19.6 Å². The molecule has 5 rings (SSSR count). The smallest absolute Gasteiger partial charge is 0.259 e. The summed E-state index contributed by atoms with van der Waals surface area (Å²) in [7, 11) is 0. The van der Waals surface area contributed by atoms with Crippen LogP contribution in [0.1, 0.15) is 33.5 Å². The molecule has 3 heterocycles. The van der Waals surface area contributed by atoms with Crippen molar-refractivity contribution >= 4 is 11.6 Å². The highest BCUT2D eigenvalue weighted by Crippen LogP contribution is 2.30. The molecule has 0 N–H and O–H groups in total. The molecule has 2 aromatic carbocycles. The number of hydrogen-bond acceptors (Lipinski definition) is 5. The quantitative estimate of drug-likeness (QED) is 0.439. The van der Waals surface area contributed by atoms with Crippen molar-refractivity contribution in [2.45, 2.75) is 40.4 Å². The minimum Gasteiger partial charge on any atom is -0.298 e. The Morgan fingerprint density at radius 1 is 0.882 bits per heavy atom. The topological polar surface area (TPSA) is 54.3 Å². The molecule has 4 aromatic rings. The van der Waals surface area contributed by atoms with Gasteiger partial charge >= 0.3 is 0 Å². The minimum atomic E-state index is 0.0241. The van der Waals surface area contributed by atoms with Gasteiger partial charge in [0.1, 0.15) is 0 Å². The fraction of sp³-hybridized carbons (Fsp3) is 0.250. The van der Waals surface area contributed by atoms with Gasteiger partial charge < -0.3 is 0 Å². The average Bonchev–Trinajstić information content (AvgIpc) is 2.85. The van der Waals surface area contributed by atoms with E-state index >= 15 is 0 Å². The Balaban J connectivity index is 1.59. The van der Waals surface area contributed by atoms with E-state index in [1.807, 2.05) is 42.0 Å². The fourth-order valence-corrected chi connectivity index (χ4v) is 4.47. The average molecular weight is 452 g/mol. The van der Waals surface area contributed by atoms with Crippen molar-refractivity contribution in [2.24, 2.45) is 0 Å². The molecule has 0 atom stereocenters. The minimum absolute atomic E-state index is 0.0241. The maximum Gasteiger partial charge on any atom is 0.259 e. The SMILES string of the molecule is Cc1ccc(N2CN(Cc3cccnc3)Cn3c2nc(C)c(Cc2ccccc2)c3=O)cc1C. The van der Waals surface area contributed by atoms with Crippen LogP contribution in [0.2, 0.25) is 0 Å². The number of hydrogen-bond donors (Lipinski definition) is 0. The Kier molecular flexibility index (Phi) is 5.99. The maximum absolute atomic E-state index is 13.8. The van der Waals surface area contributed by atoms with Crippen molar-refractivity contribution in [3.05, 3.63) is 117 Å². The number of fused-ring (bicyclic) bond motifs is 1. The fourth-order valence-electron chi connectivity index (χ4n) is 4.47. The van der Waals surface area contributed by atoms with E-state index in [-0.39, 0.29) is 5.56 Å². The molecular weight excluding hydrogens is 422 g/mol. The molecular formula is C28H29N5O. The summed E-state index contributed by atoms with van der Waals surface area (Å²) < 4.78 is 1.82. The Hall–Kier alpha value is -3.77. The van der Waals surface area contributed by atoms with Gasteiger partial charge in [-0.25, -0.2) is 4.98 Å². The lowest BCUT2D eigenvalue weighted by Gasteiger charge is -2.38. The van der Waals surface area contributed by atoms with E-state index in [1.165, 1.54) is 11.1 Å². The van der Waals surface area contributed by atoms with E-state index in [2.05, 4.69) is 65.0 Å². The highest BCUT2D eigenvalue weighted by molar-refractivity contribution is 5.60. The summed E-state index contributed by atoms with van der Waals surface area (Å²) in [6, 6.07) is 20.5. The van der Waals surface area contributed by atoms with Gasteiger partial charge in [0, 0.05) is 36.6 Å².